The average molecular weight is 612 g/mol. The van der Waals surface area contributed by atoms with Crippen LogP contribution in [0.2, 0.25) is 0 Å². The first-order valence-electron chi connectivity index (χ1n) is 15.7. The van der Waals surface area contributed by atoms with Gasteiger partial charge < -0.3 is 29.5 Å². The Morgan fingerprint density at radius 3 is 2.89 bits per heavy atom. The van der Waals surface area contributed by atoms with Gasteiger partial charge in [-0.25, -0.2) is 4.39 Å². The number of pyridine rings is 1. The second-order valence-electron chi connectivity index (χ2n) is 13.2. The molecule has 2 aromatic carbocycles. The van der Waals surface area contributed by atoms with Gasteiger partial charge >= 0.3 is 6.01 Å². The van der Waals surface area contributed by atoms with Gasteiger partial charge in [-0.1, -0.05) is 24.5 Å². The number of benzene rings is 2. The molecule has 2 saturated heterocycles. The smallest absolute Gasteiger partial charge is 0.319 e. The molecule has 3 fully saturated rings. The summed E-state index contributed by atoms with van der Waals surface area (Å²) in [5.74, 6) is 2.39. The summed E-state index contributed by atoms with van der Waals surface area (Å²) in [7, 11) is 2.18. The third kappa shape index (κ3) is 5.33. The van der Waals surface area contributed by atoms with Crippen LogP contribution >= 0.6 is 0 Å². The maximum atomic E-state index is 16.8. The lowest BCUT2D eigenvalue weighted by atomic mass is 9.76. The molecule has 10 heteroatoms. The lowest BCUT2D eigenvalue weighted by Gasteiger charge is -2.44. The number of likely N-dealkylation sites (tertiary alicyclic amines) is 1. The third-order valence-corrected chi connectivity index (χ3v) is 9.83. The largest absolute Gasteiger partial charge is 0.508 e. The van der Waals surface area contributed by atoms with Gasteiger partial charge in [0, 0.05) is 40.7 Å². The Labute approximate surface area is 262 Å². The van der Waals surface area contributed by atoms with Crippen LogP contribution in [-0.2, 0) is 4.74 Å². The second kappa shape index (κ2) is 11.4. The topological polar surface area (TPSA) is 104 Å². The number of aromatic nitrogens is 3. The summed E-state index contributed by atoms with van der Waals surface area (Å²) in [6.45, 7) is 4.42. The first kappa shape index (κ1) is 29.7. The summed E-state index contributed by atoms with van der Waals surface area (Å²) in [5.41, 5.74) is -0.165. The van der Waals surface area contributed by atoms with E-state index in [0.29, 0.717) is 58.9 Å². The molecule has 1 unspecified atom stereocenters. The van der Waals surface area contributed by atoms with Crippen LogP contribution in [0.5, 0.6) is 11.8 Å². The quantitative estimate of drug-likeness (QED) is 0.305. The zero-order valence-electron chi connectivity index (χ0n) is 25.7. The normalized spacial score (nSPS) is 25.7. The summed E-state index contributed by atoms with van der Waals surface area (Å²) in [4.78, 5) is 18.4. The molecule has 2 aromatic heterocycles. The summed E-state index contributed by atoms with van der Waals surface area (Å²) in [6, 6.07) is 8.97. The summed E-state index contributed by atoms with van der Waals surface area (Å²) >= 11 is 0. The van der Waals surface area contributed by atoms with Crippen molar-refractivity contribution in [3.8, 4) is 35.4 Å². The van der Waals surface area contributed by atoms with E-state index in [9.17, 15) is 10.2 Å². The fraction of sp³-hybridized carbons (Fsp3) is 0.457. The minimum Gasteiger partial charge on any atom is -0.508 e. The molecule has 0 spiro atoms. The third-order valence-electron chi connectivity index (χ3n) is 9.83. The first-order valence-corrected chi connectivity index (χ1v) is 15.7. The average Bonchev–Trinajstić information content (AvgIpc) is 3.37. The van der Waals surface area contributed by atoms with Crippen molar-refractivity contribution in [1.29, 1.82) is 0 Å². The van der Waals surface area contributed by atoms with E-state index in [4.69, 9.17) is 20.9 Å². The van der Waals surface area contributed by atoms with Crippen molar-refractivity contribution in [3.05, 3.63) is 47.9 Å². The van der Waals surface area contributed by atoms with Gasteiger partial charge in [-0.05, 0) is 69.8 Å². The van der Waals surface area contributed by atoms with Crippen LogP contribution in [0, 0.1) is 23.6 Å². The van der Waals surface area contributed by atoms with Crippen molar-refractivity contribution in [2.45, 2.75) is 50.7 Å². The molecular weight excluding hydrogens is 573 g/mol. The molecule has 4 heterocycles. The molecule has 9 nitrogen and oxygen atoms in total. The minimum atomic E-state index is -1.14. The highest BCUT2D eigenvalue weighted by Gasteiger charge is 2.47. The molecule has 0 amide bonds. The van der Waals surface area contributed by atoms with Gasteiger partial charge in [-0.2, -0.15) is 9.97 Å². The highest BCUT2D eigenvalue weighted by molar-refractivity contribution is 6.02. The van der Waals surface area contributed by atoms with Crippen molar-refractivity contribution >= 4 is 27.5 Å². The molecule has 0 bridgehead atoms. The van der Waals surface area contributed by atoms with E-state index >= 15 is 4.39 Å². The van der Waals surface area contributed by atoms with Gasteiger partial charge in [-0.3, -0.25) is 4.98 Å². The maximum Gasteiger partial charge on any atom is 0.319 e. The van der Waals surface area contributed by atoms with Crippen molar-refractivity contribution in [2.24, 2.45) is 5.41 Å². The number of fused-ring (bicyclic) bond motifs is 3. The van der Waals surface area contributed by atoms with Crippen molar-refractivity contribution < 1.29 is 24.1 Å². The first-order chi connectivity index (χ1) is 21.7. The highest BCUT2D eigenvalue weighted by Crippen LogP contribution is 2.47. The van der Waals surface area contributed by atoms with E-state index in [0.717, 1.165) is 38.6 Å². The number of terminal acetylenes is 1. The number of rotatable bonds is 5. The van der Waals surface area contributed by atoms with E-state index in [2.05, 4.69) is 27.8 Å². The Kier molecular flexibility index (Phi) is 7.51. The number of hydrogen-bond donors (Lipinski definition) is 2. The van der Waals surface area contributed by atoms with Crippen LogP contribution < -0.4 is 9.64 Å². The van der Waals surface area contributed by atoms with Gasteiger partial charge in [-0.15, -0.1) is 6.42 Å². The van der Waals surface area contributed by atoms with E-state index in [1.165, 1.54) is 6.07 Å². The molecule has 3 aliphatic rings. The number of aliphatic hydroxyl groups is 1. The Bertz CT molecular complexity index is 1820. The van der Waals surface area contributed by atoms with Crippen LogP contribution in [0.4, 0.5) is 10.2 Å². The van der Waals surface area contributed by atoms with Crippen molar-refractivity contribution in [1.82, 2.24) is 19.9 Å². The number of ether oxygens (including phenoxy) is 2. The van der Waals surface area contributed by atoms with E-state index in [-0.39, 0.29) is 41.5 Å². The summed E-state index contributed by atoms with van der Waals surface area (Å²) in [6.07, 6.45) is 12.9. The van der Waals surface area contributed by atoms with E-state index in [1.807, 2.05) is 11.0 Å². The van der Waals surface area contributed by atoms with Crippen LogP contribution in [0.25, 0.3) is 32.9 Å². The van der Waals surface area contributed by atoms with Gasteiger partial charge in [0.2, 0.25) is 0 Å². The predicted octanol–water partition coefficient (Wildman–Crippen LogP) is 4.90. The number of β-amino-alcohol motifs (C(OH)–C–C–N with tert-alkyl or cyclic N) is 1. The molecule has 45 heavy (non-hydrogen) atoms. The number of phenolic OH excluding ortho intramolecular Hbond substituents is 1. The van der Waals surface area contributed by atoms with Crippen LogP contribution in [-0.4, -0.2) is 88.2 Å². The molecular formula is C35H38FN5O4. The molecule has 3 atom stereocenters. The zero-order chi connectivity index (χ0) is 31.3. The highest BCUT2D eigenvalue weighted by atomic mass is 19.1. The van der Waals surface area contributed by atoms with E-state index < -0.39 is 11.4 Å². The van der Waals surface area contributed by atoms with Crippen LogP contribution in [0.1, 0.15) is 44.6 Å². The Morgan fingerprint density at radius 2 is 2.04 bits per heavy atom. The number of phenols is 1. The van der Waals surface area contributed by atoms with Crippen LogP contribution in [0.3, 0.4) is 0 Å². The SMILES string of the molecule is C#Cc1cccc2cc(O)cc(-c3ncc4c(N5CCOC[C@@](C)(O)C5)nc(OC[C@]56CCCC5N(C)CCC6)nc4c3F)c12. The Hall–Kier alpha value is -4.04. The predicted molar refractivity (Wildman–Crippen MR) is 171 cm³/mol. The fourth-order valence-corrected chi connectivity index (χ4v) is 7.80. The molecule has 4 aromatic rings. The Balaban J connectivity index is 1.38. The molecule has 0 radical (unpaired) electrons. The van der Waals surface area contributed by atoms with Crippen molar-refractivity contribution in [2.75, 3.05) is 51.4 Å². The Morgan fingerprint density at radius 1 is 1.20 bits per heavy atom. The second-order valence-corrected chi connectivity index (χ2v) is 13.2. The number of anilines is 1. The van der Waals surface area contributed by atoms with Crippen molar-refractivity contribution in [3.63, 3.8) is 0 Å². The van der Waals surface area contributed by atoms with Gasteiger partial charge in [0.1, 0.15) is 28.4 Å². The summed E-state index contributed by atoms with van der Waals surface area (Å²) in [5, 5.41) is 23.2. The summed E-state index contributed by atoms with van der Waals surface area (Å²) < 4.78 is 28.9. The number of nitrogens with zero attached hydrogens (tertiary/aromatic N) is 5. The molecule has 1 aliphatic carbocycles. The van der Waals surface area contributed by atoms with Gasteiger partial charge in [0.15, 0.2) is 5.82 Å². The molecule has 7 rings (SSSR count). The minimum absolute atomic E-state index is 0.000348. The van der Waals surface area contributed by atoms with Crippen LogP contribution in [0.15, 0.2) is 36.5 Å². The number of piperidine rings is 1. The number of halogens is 1. The lowest BCUT2D eigenvalue weighted by molar-refractivity contribution is -0.0123. The van der Waals surface area contributed by atoms with Gasteiger partial charge in [0.25, 0.3) is 0 Å². The zero-order valence-corrected chi connectivity index (χ0v) is 25.7. The lowest BCUT2D eigenvalue weighted by Crippen LogP contribution is -2.50. The molecule has 234 valence electrons. The number of hydrogen-bond acceptors (Lipinski definition) is 9. The molecule has 1 saturated carbocycles. The fourth-order valence-electron chi connectivity index (χ4n) is 7.80. The standard InChI is InChI=1S/C35H38FN5O4/c1-4-22-8-5-9-23-16-24(42)17-25(28(22)23)30-29(36)31-26(18-37-30)32(41-14-15-44-20-34(2,43)19-41)39-33(38-31)45-21-35-11-6-10-27(35)40(3)13-7-12-35/h1,5,8-9,16-18,27,42-43H,6-7,10-15,19-21H2,2-3H3/t27?,34-,35+/m0/s1. The van der Waals surface area contributed by atoms with E-state index in [1.54, 1.807) is 31.3 Å². The van der Waals surface area contributed by atoms with Gasteiger partial charge in [0.05, 0.1) is 31.8 Å². The molecule has 2 aliphatic heterocycles. The molecule has 2 N–H and O–H groups in total. The maximum absolute atomic E-state index is 16.8. The number of aromatic hydroxyl groups is 1. The monoisotopic (exact) mass is 611 g/mol.